The van der Waals surface area contributed by atoms with Crippen molar-refractivity contribution in [3.8, 4) is 11.8 Å². The van der Waals surface area contributed by atoms with Crippen LogP contribution >= 0.6 is 0 Å². The fourth-order valence-corrected chi connectivity index (χ4v) is 2.22. The van der Waals surface area contributed by atoms with Gasteiger partial charge in [-0.25, -0.2) is 22.6 Å². The quantitative estimate of drug-likeness (QED) is 0.879. The zero-order valence-corrected chi connectivity index (χ0v) is 12.7. The molecule has 0 saturated carbocycles. The summed E-state index contributed by atoms with van der Waals surface area (Å²) >= 11 is 0. The Morgan fingerprint density at radius 3 is 2.50 bits per heavy atom. The number of benzene rings is 1. The Bertz CT molecular complexity index is 850. The van der Waals surface area contributed by atoms with Gasteiger partial charge >= 0.3 is 6.03 Å². The number of urea groups is 1. The summed E-state index contributed by atoms with van der Waals surface area (Å²) in [5.41, 5.74) is 1.20. The largest absolute Gasteiger partial charge is 0.334 e. The van der Waals surface area contributed by atoms with E-state index in [4.69, 9.17) is 0 Å². The molecule has 1 heterocycles. The first-order valence-electron chi connectivity index (χ1n) is 6.15. The summed E-state index contributed by atoms with van der Waals surface area (Å²) in [6, 6.07) is 9.84. The van der Waals surface area contributed by atoms with E-state index >= 15 is 0 Å². The van der Waals surface area contributed by atoms with Crippen LogP contribution in [0.25, 0.3) is 5.69 Å². The number of carbonyl (C=O) groups is 1. The summed E-state index contributed by atoms with van der Waals surface area (Å²) in [5.74, 6) is 0.104. The fraction of sp³-hybridized carbons (Fsp3) is 0.154. The third-order valence-electron chi connectivity index (χ3n) is 2.68. The lowest BCUT2D eigenvalue weighted by molar-refractivity contribution is 0.256. The van der Waals surface area contributed by atoms with Gasteiger partial charge in [0.1, 0.15) is 11.6 Å². The summed E-state index contributed by atoms with van der Waals surface area (Å²) in [6.07, 6.45) is 0.859. The lowest BCUT2D eigenvalue weighted by atomic mass is 10.2. The molecule has 114 valence electrons. The van der Waals surface area contributed by atoms with E-state index in [0.717, 1.165) is 6.26 Å². The minimum Gasteiger partial charge on any atom is -0.290 e. The second-order valence-electron chi connectivity index (χ2n) is 4.50. The highest BCUT2D eigenvalue weighted by Crippen LogP contribution is 2.22. The summed E-state index contributed by atoms with van der Waals surface area (Å²) in [6.45, 7) is 1.62. The standard InChI is InChI=1S/C13H13N5O3S/c1-9-11(8-14)12(15-13(19)17-22(2,20)21)18(16-9)10-6-4-3-5-7-10/h3-7H,1-2H3,(H2,15,17,19). The SMILES string of the molecule is Cc1nn(-c2ccccc2)c(NC(=O)NS(C)(=O)=O)c1C#N. The lowest BCUT2D eigenvalue weighted by Crippen LogP contribution is -2.34. The van der Waals surface area contributed by atoms with Gasteiger partial charge in [0.2, 0.25) is 10.0 Å². The molecule has 0 atom stereocenters. The van der Waals surface area contributed by atoms with Gasteiger partial charge in [0, 0.05) is 0 Å². The molecule has 0 bridgehead atoms. The second kappa shape index (κ2) is 5.87. The van der Waals surface area contributed by atoms with Crippen molar-refractivity contribution in [2.75, 3.05) is 11.6 Å². The van der Waals surface area contributed by atoms with Crippen molar-refractivity contribution < 1.29 is 13.2 Å². The van der Waals surface area contributed by atoms with Crippen molar-refractivity contribution in [3.05, 3.63) is 41.6 Å². The average Bonchev–Trinajstić information content (AvgIpc) is 2.73. The number of para-hydroxylation sites is 1. The predicted molar refractivity (Wildman–Crippen MR) is 80.0 cm³/mol. The van der Waals surface area contributed by atoms with E-state index in [-0.39, 0.29) is 11.4 Å². The van der Waals surface area contributed by atoms with E-state index in [2.05, 4.69) is 10.4 Å². The van der Waals surface area contributed by atoms with E-state index in [9.17, 15) is 18.5 Å². The van der Waals surface area contributed by atoms with E-state index < -0.39 is 16.1 Å². The molecule has 1 aromatic heterocycles. The van der Waals surface area contributed by atoms with E-state index in [1.165, 1.54) is 4.68 Å². The average molecular weight is 319 g/mol. The minimum absolute atomic E-state index is 0.104. The number of sulfonamides is 1. The van der Waals surface area contributed by atoms with Crippen LogP contribution < -0.4 is 10.0 Å². The number of hydrogen-bond acceptors (Lipinski definition) is 5. The number of carbonyl (C=O) groups excluding carboxylic acids is 1. The first-order chi connectivity index (χ1) is 10.3. The van der Waals surface area contributed by atoms with Crippen molar-refractivity contribution in [2.24, 2.45) is 0 Å². The van der Waals surface area contributed by atoms with Crippen LogP contribution in [0.4, 0.5) is 10.6 Å². The number of anilines is 1. The molecule has 2 rings (SSSR count). The van der Waals surface area contributed by atoms with Gasteiger partial charge in [0.05, 0.1) is 17.6 Å². The maximum atomic E-state index is 11.7. The van der Waals surface area contributed by atoms with Gasteiger partial charge in [-0.15, -0.1) is 0 Å². The van der Waals surface area contributed by atoms with Crippen LogP contribution in [0.2, 0.25) is 0 Å². The van der Waals surface area contributed by atoms with Gasteiger partial charge in [-0.3, -0.25) is 5.32 Å². The molecule has 0 fully saturated rings. The highest BCUT2D eigenvalue weighted by molar-refractivity contribution is 7.89. The van der Waals surface area contributed by atoms with Crippen LogP contribution in [-0.2, 0) is 10.0 Å². The van der Waals surface area contributed by atoms with E-state index in [0.29, 0.717) is 11.4 Å². The molecule has 22 heavy (non-hydrogen) atoms. The highest BCUT2D eigenvalue weighted by atomic mass is 32.2. The number of aryl methyl sites for hydroxylation is 1. The number of nitriles is 1. The molecule has 2 N–H and O–H groups in total. The number of rotatable bonds is 3. The highest BCUT2D eigenvalue weighted by Gasteiger charge is 2.19. The summed E-state index contributed by atoms with van der Waals surface area (Å²) in [7, 11) is -3.71. The van der Waals surface area contributed by atoms with Crippen LogP contribution in [0.5, 0.6) is 0 Å². The van der Waals surface area contributed by atoms with Crippen molar-refractivity contribution in [1.29, 1.82) is 5.26 Å². The lowest BCUT2D eigenvalue weighted by Gasteiger charge is -2.09. The summed E-state index contributed by atoms with van der Waals surface area (Å²) in [4.78, 5) is 11.7. The Morgan fingerprint density at radius 2 is 1.95 bits per heavy atom. The third kappa shape index (κ3) is 3.42. The van der Waals surface area contributed by atoms with Crippen molar-refractivity contribution in [1.82, 2.24) is 14.5 Å². The van der Waals surface area contributed by atoms with Crippen LogP contribution in [0.3, 0.4) is 0 Å². The van der Waals surface area contributed by atoms with Gasteiger partial charge < -0.3 is 0 Å². The maximum absolute atomic E-state index is 11.7. The Hall–Kier alpha value is -2.86. The molecule has 0 radical (unpaired) electrons. The summed E-state index contributed by atoms with van der Waals surface area (Å²) < 4.78 is 25.3. The fourth-order valence-electron chi connectivity index (χ4n) is 1.83. The van der Waals surface area contributed by atoms with Crippen molar-refractivity contribution >= 4 is 21.9 Å². The molecular weight excluding hydrogens is 306 g/mol. The van der Waals surface area contributed by atoms with Gasteiger partial charge in [0.15, 0.2) is 5.82 Å². The second-order valence-corrected chi connectivity index (χ2v) is 6.24. The third-order valence-corrected chi connectivity index (χ3v) is 3.24. The first-order valence-corrected chi connectivity index (χ1v) is 8.05. The number of hydrogen-bond donors (Lipinski definition) is 2. The molecule has 9 heteroatoms. The van der Waals surface area contributed by atoms with E-state index in [1.807, 2.05) is 12.1 Å². The predicted octanol–water partition coefficient (Wildman–Crippen LogP) is 1.13. The van der Waals surface area contributed by atoms with Gasteiger partial charge in [-0.05, 0) is 19.1 Å². The minimum atomic E-state index is -3.71. The Balaban J connectivity index is 2.46. The van der Waals surface area contributed by atoms with Crippen LogP contribution in [0.15, 0.2) is 30.3 Å². The topological polar surface area (TPSA) is 117 Å². The van der Waals surface area contributed by atoms with Crippen LogP contribution in [0, 0.1) is 18.3 Å². The van der Waals surface area contributed by atoms with Gasteiger partial charge in [-0.1, -0.05) is 18.2 Å². The maximum Gasteiger partial charge on any atom is 0.334 e. The van der Waals surface area contributed by atoms with Gasteiger partial charge in [0.25, 0.3) is 0 Å². The van der Waals surface area contributed by atoms with Crippen molar-refractivity contribution in [2.45, 2.75) is 6.92 Å². The van der Waals surface area contributed by atoms with Crippen molar-refractivity contribution in [3.63, 3.8) is 0 Å². The first kappa shape index (κ1) is 15.5. The van der Waals surface area contributed by atoms with Gasteiger partial charge in [-0.2, -0.15) is 10.4 Å². The van der Waals surface area contributed by atoms with E-state index in [1.54, 1.807) is 35.9 Å². The van der Waals surface area contributed by atoms with Crippen LogP contribution in [0.1, 0.15) is 11.3 Å². The molecular formula is C13H13N5O3S. The molecule has 2 aromatic rings. The smallest absolute Gasteiger partial charge is 0.290 e. The molecule has 0 aliphatic heterocycles. The number of nitrogens with one attached hydrogen (secondary N) is 2. The summed E-state index contributed by atoms with van der Waals surface area (Å²) in [5, 5.41) is 15.8. The molecule has 0 unspecified atom stereocenters. The Labute approximate surface area is 127 Å². The number of amides is 2. The number of aromatic nitrogens is 2. The molecule has 0 aliphatic rings. The Kier molecular flexibility index (Phi) is 4.14. The molecule has 0 spiro atoms. The molecule has 2 amide bonds. The number of nitrogens with zero attached hydrogens (tertiary/aromatic N) is 3. The molecule has 0 saturated heterocycles. The molecule has 0 aliphatic carbocycles. The Morgan fingerprint density at radius 1 is 1.32 bits per heavy atom. The van der Waals surface area contributed by atoms with Crippen LogP contribution in [-0.4, -0.2) is 30.5 Å². The zero-order valence-electron chi connectivity index (χ0n) is 11.9. The zero-order chi connectivity index (χ0) is 16.3. The monoisotopic (exact) mass is 319 g/mol. The molecule has 1 aromatic carbocycles. The molecule has 8 nitrogen and oxygen atoms in total. The normalized spacial score (nSPS) is 10.8.